The molecule has 0 atom stereocenters. The number of non-ortho nitro benzene ring substituents is 1. The molecule has 13 heteroatoms. The van der Waals surface area contributed by atoms with Gasteiger partial charge >= 0.3 is 5.97 Å². The highest BCUT2D eigenvalue weighted by atomic mass is 16.6. The van der Waals surface area contributed by atoms with Crippen molar-refractivity contribution in [1.29, 1.82) is 0 Å². The van der Waals surface area contributed by atoms with E-state index < -0.39 is 10.9 Å². The van der Waals surface area contributed by atoms with E-state index in [0.717, 1.165) is 38.0 Å². The van der Waals surface area contributed by atoms with Gasteiger partial charge in [-0.15, -0.1) is 0 Å². The predicted molar refractivity (Wildman–Crippen MR) is 165 cm³/mol. The number of nitrogens with one attached hydrogen (secondary N) is 2. The summed E-state index contributed by atoms with van der Waals surface area (Å²) in [5.74, 6) is 2.20. The average Bonchev–Trinajstić information content (AvgIpc) is 3.04. The number of nitrogens with zero attached hydrogens (tertiary/aromatic N) is 4. The van der Waals surface area contributed by atoms with Crippen molar-refractivity contribution in [1.82, 2.24) is 14.9 Å². The summed E-state index contributed by atoms with van der Waals surface area (Å²) < 4.78 is 21.2. The lowest BCUT2D eigenvalue weighted by molar-refractivity contribution is -0.384. The molecule has 1 aliphatic rings. The highest BCUT2D eigenvalue weighted by molar-refractivity contribution is 5.94. The van der Waals surface area contributed by atoms with Gasteiger partial charge in [-0.25, -0.2) is 9.78 Å². The quantitative estimate of drug-likeness (QED) is 0.132. The molecule has 1 aromatic heterocycles. The topological polar surface area (TPSA) is 150 Å². The Balaban J connectivity index is 1.31. The second-order valence-corrected chi connectivity index (χ2v) is 10.3. The molecule has 4 aromatic rings. The van der Waals surface area contributed by atoms with Gasteiger partial charge in [-0.05, 0) is 60.9 Å². The van der Waals surface area contributed by atoms with Crippen molar-refractivity contribution in [2.75, 3.05) is 52.2 Å². The van der Waals surface area contributed by atoms with Crippen molar-refractivity contribution in [3.05, 3.63) is 75.8 Å². The van der Waals surface area contributed by atoms with Gasteiger partial charge in [-0.3, -0.25) is 15.0 Å². The molecule has 1 aliphatic heterocycles. The molecule has 2 N–H and O–H groups in total. The number of rotatable bonds is 11. The lowest BCUT2D eigenvalue weighted by Gasteiger charge is -2.32. The number of carbonyl (C=O) groups excluding carboxylic acids is 1. The molecule has 230 valence electrons. The fourth-order valence-corrected chi connectivity index (χ4v) is 5.24. The maximum absolute atomic E-state index is 11.8. The Morgan fingerprint density at radius 1 is 0.955 bits per heavy atom. The van der Waals surface area contributed by atoms with Gasteiger partial charge in [0.25, 0.3) is 5.69 Å². The minimum absolute atomic E-state index is 0.0645. The highest BCUT2D eigenvalue weighted by Gasteiger charge is 2.22. The SMILES string of the molecule is COC(=O)c1ccc(Nc2nc(NC3CCN(Cc4cc(OC)c(OC)c(OC)c4)CC3)nc3ccc([N+](=O)[O-])cc23)cc1. The number of esters is 1. The van der Waals surface area contributed by atoms with E-state index in [4.69, 9.17) is 23.9 Å². The maximum Gasteiger partial charge on any atom is 0.337 e. The fourth-order valence-electron chi connectivity index (χ4n) is 5.24. The standard InChI is InChI=1S/C31H34N6O7/c1-41-26-15-19(16-27(42-2)28(26)43-3)18-36-13-11-22(12-14-36)33-31-34-25-10-9-23(37(39)40)17-24(25)29(35-31)32-21-7-5-20(6-8-21)30(38)44-4/h5-10,15-17,22H,11-14,18H2,1-4H3,(H2,32,33,34,35). The van der Waals surface area contributed by atoms with Crippen LogP contribution in [0.2, 0.25) is 0 Å². The van der Waals surface area contributed by atoms with E-state index in [2.05, 4.69) is 20.5 Å². The second-order valence-electron chi connectivity index (χ2n) is 10.3. The van der Waals surface area contributed by atoms with Crippen LogP contribution in [0.15, 0.2) is 54.6 Å². The zero-order valence-corrected chi connectivity index (χ0v) is 25.0. The molecular formula is C31H34N6O7. The van der Waals surface area contributed by atoms with E-state index in [1.54, 1.807) is 51.7 Å². The Kier molecular flexibility index (Phi) is 9.24. The Bertz CT molecular complexity index is 1630. The van der Waals surface area contributed by atoms with Crippen molar-refractivity contribution in [3.8, 4) is 17.2 Å². The number of anilines is 3. The number of piperidine rings is 1. The summed E-state index contributed by atoms with van der Waals surface area (Å²) in [7, 11) is 6.12. The number of aromatic nitrogens is 2. The molecule has 1 fully saturated rings. The minimum Gasteiger partial charge on any atom is -0.493 e. The Morgan fingerprint density at radius 3 is 2.23 bits per heavy atom. The number of hydrogen-bond acceptors (Lipinski definition) is 12. The Morgan fingerprint density at radius 2 is 1.64 bits per heavy atom. The van der Waals surface area contributed by atoms with Gasteiger partial charge in [0.15, 0.2) is 11.5 Å². The summed E-state index contributed by atoms with van der Waals surface area (Å²) in [6.45, 7) is 2.44. The minimum atomic E-state index is -0.452. The van der Waals surface area contributed by atoms with Crippen LogP contribution in [0, 0.1) is 10.1 Å². The van der Waals surface area contributed by atoms with Gasteiger partial charge < -0.3 is 29.6 Å². The molecule has 0 saturated carbocycles. The summed E-state index contributed by atoms with van der Waals surface area (Å²) in [6.07, 6.45) is 1.73. The van der Waals surface area contributed by atoms with Crippen LogP contribution >= 0.6 is 0 Å². The zero-order chi connectivity index (χ0) is 31.2. The summed E-state index contributed by atoms with van der Waals surface area (Å²) in [5.41, 5.74) is 2.61. The molecule has 3 aromatic carbocycles. The van der Waals surface area contributed by atoms with Crippen LogP contribution < -0.4 is 24.8 Å². The van der Waals surface area contributed by atoms with Gasteiger partial charge in [0.05, 0.1) is 44.4 Å². The van der Waals surface area contributed by atoms with Crippen molar-refractivity contribution in [3.63, 3.8) is 0 Å². The molecule has 2 heterocycles. The molecule has 0 spiro atoms. The van der Waals surface area contributed by atoms with Crippen LogP contribution in [-0.4, -0.2) is 73.3 Å². The summed E-state index contributed by atoms with van der Waals surface area (Å²) in [4.78, 5) is 34.6. The number of methoxy groups -OCH3 is 4. The highest BCUT2D eigenvalue weighted by Crippen LogP contribution is 2.38. The second kappa shape index (κ2) is 13.4. The van der Waals surface area contributed by atoms with E-state index in [1.807, 2.05) is 12.1 Å². The lowest BCUT2D eigenvalue weighted by Crippen LogP contribution is -2.39. The van der Waals surface area contributed by atoms with Gasteiger partial charge in [0, 0.05) is 48.9 Å². The normalized spacial score (nSPS) is 13.7. The number of nitro groups is 1. The van der Waals surface area contributed by atoms with Crippen LogP contribution in [-0.2, 0) is 11.3 Å². The van der Waals surface area contributed by atoms with Crippen LogP contribution in [0.1, 0.15) is 28.8 Å². The summed E-state index contributed by atoms with van der Waals surface area (Å²) in [5, 5.41) is 18.7. The Labute approximate surface area is 254 Å². The van der Waals surface area contributed by atoms with E-state index in [1.165, 1.54) is 19.2 Å². The number of hydrogen-bond donors (Lipinski definition) is 2. The molecule has 44 heavy (non-hydrogen) atoms. The molecule has 5 rings (SSSR count). The smallest absolute Gasteiger partial charge is 0.337 e. The van der Waals surface area contributed by atoms with Crippen LogP contribution in [0.25, 0.3) is 10.9 Å². The van der Waals surface area contributed by atoms with E-state index >= 15 is 0 Å². The van der Waals surface area contributed by atoms with Crippen molar-refractivity contribution in [2.24, 2.45) is 0 Å². The van der Waals surface area contributed by atoms with E-state index in [0.29, 0.717) is 51.2 Å². The van der Waals surface area contributed by atoms with E-state index in [-0.39, 0.29) is 11.7 Å². The first-order valence-electron chi connectivity index (χ1n) is 14.0. The van der Waals surface area contributed by atoms with Gasteiger partial charge in [-0.1, -0.05) is 0 Å². The maximum atomic E-state index is 11.8. The summed E-state index contributed by atoms with van der Waals surface area (Å²) >= 11 is 0. The van der Waals surface area contributed by atoms with Crippen molar-refractivity contribution in [2.45, 2.75) is 25.4 Å². The molecule has 0 unspecified atom stereocenters. The number of carbonyl (C=O) groups is 1. The monoisotopic (exact) mass is 602 g/mol. The average molecular weight is 603 g/mol. The number of benzene rings is 3. The molecule has 0 amide bonds. The number of ether oxygens (including phenoxy) is 4. The van der Waals surface area contributed by atoms with Gasteiger partial charge in [0.2, 0.25) is 11.7 Å². The predicted octanol–water partition coefficient (Wildman–Crippen LogP) is 5.17. The van der Waals surface area contributed by atoms with E-state index in [9.17, 15) is 14.9 Å². The molecule has 13 nitrogen and oxygen atoms in total. The first-order chi connectivity index (χ1) is 21.3. The molecule has 0 bridgehead atoms. The third kappa shape index (κ3) is 6.73. The molecule has 1 saturated heterocycles. The number of fused-ring (bicyclic) bond motifs is 1. The van der Waals surface area contributed by atoms with Gasteiger partial charge in [0.1, 0.15) is 5.82 Å². The zero-order valence-electron chi connectivity index (χ0n) is 25.0. The molecule has 0 radical (unpaired) electrons. The number of likely N-dealkylation sites (tertiary alicyclic amines) is 1. The third-order valence-electron chi connectivity index (χ3n) is 7.51. The van der Waals surface area contributed by atoms with Crippen molar-refractivity contribution >= 4 is 40.0 Å². The van der Waals surface area contributed by atoms with Gasteiger partial charge in [-0.2, -0.15) is 4.98 Å². The summed E-state index contributed by atoms with van der Waals surface area (Å²) in [6, 6.07) is 15.3. The first kappa shape index (κ1) is 30.3. The van der Waals surface area contributed by atoms with Crippen molar-refractivity contribution < 1.29 is 28.7 Å². The fraction of sp³-hybridized carbons (Fsp3) is 0.323. The first-order valence-corrected chi connectivity index (χ1v) is 14.0. The van der Waals surface area contributed by atoms with Crippen LogP contribution in [0.4, 0.5) is 23.1 Å². The molecular weight excluding hydrogens is 568 g/mol. The Hall–Kier alpha value is -5.17. The van der Waals surface area contributed by atoms with Crippen LogP contribution in [0.3, 0.4) is 0 Å². The lowest BCUT2D eigenvalue weighted by atomic mass is 10.0. The third-order valence-corrected chi connectivity index (χ3v) is 7.51. The largest absolute Gasteiger partial charge is 0.493 e. The molecule has 0 aliphatic carbocycles. The number of nitro benzene ring substituents is 1. The van der Waals surface area contributed by atoms with Crippen LogP contribution in [0.5, 0.6) is 17.2 Å².